The van der Waals surface area contributed by atoms with Gasteiger partial charge in [-0.15, -0.1) is 0 Å². The summed E-state index contributed by atoms with van der Waals surface area (Å²) in [5.74, 6) is 0.872. The normalized spacial score (nSPS) is 13.4. The van der Waals surface area contributed by atoms with Crippen LogP contribution in [-0.2, 0) is 24.3 Å². The molecule has 1 N–H and O–H groups in total. The molecule has 0 saturated heterocycles. The lowest BCUT2D eigenvalue weighted by Crippen LogP contribution is -2.38. The molecule has 6 heteroatoms. The highest BCUT2D eigenvalue weighted by atomic mass is 16.2. The van der Waals surface area contributed by atoms with Gasteiger partial charge in [0.1, 0.15) is 12.4 Å². The Bertz CT molecular complexity index is 1260. The Morgan fingerprint density at radius 3 is 2.69 bits per heavy atom. The third kappa shape index (κ3) is 3.23. The van der Waals surface area contributed by atoms with Crippen LogP contribution in [-0.4, -0.2) is 31.9 Å². The van der Waals surface area contributed by atoms with Gasteiger partial charge in [0.25, 0.3) is 0 Å². The summed E-state index contributed by atoms with van der Waals surface area (Å²) < 4.78 is 1.84. The molecule has 29 heavy (non-hydrogen) atoms. The van der Waals surface area contributed by atoms with E-state index in [-0.39, 0.29) is 17.9 Å². The van der Waals surface area contributed by atoms with E-state index >= 15 is 0 Å². The van der Waals surface area contributed by atoms with Crippen molar-refractivity contribution in [1.29, 1.82) is 0 Å². The highest BCUT2D eigenvalue weighted by molar-refractivity contribution is 5.82. The molecule has 1 aliphatic rings. The number of fused-ring (bicyclic) bond motifs is 2. The number of hydrogen-bond donors (Lipinski definition) is 1. The lowest BCUT2D eigenvalue weighted by Gasteiger charge is -2.27. The molecule has 0 saturated carbocycles. The van der Waals surface area contributed by atoms with Gasteiger partial charge in [-0.2, -0.15) is 0 Å². The SMILES string of the molecule is O=C(Cn1ccc(=O)c2ccccc21)N1CCc2nc(-c3ccccc3)[nH]c2C1. The molecule has 4 aromatic rings. The molecule has 5 rings (SSSR count). The smallest absolute Gasteiger partial charge is 0.242 e. The first-order chi connectivity index (χ1) is 14.2. The average molecular weight is 384 g/mol. The highest BCUT2D eigenvalue weighted by Gasteiger charge is 2.24. The fourth-order valence-corrected chi connectivity index (χ4v) is 3.88. The van der Waals surface area contributed by atoms with E-state index in [1.54, 1.807) is 12.3 Å². The Hall–Kier alpha value is -3.67. The summed E-state index contributed by atoms with van der Waals surface area (Å²) in [6.45, 7) is 1.37. The van der Waals surface area contributed by atoms with E-state index in [0.29, 0.717) is 18.5 Å². The minimum absolute atomic E-state index is 0.0281. The molecule has 2 aromatic heterocycles. The van der Waals surface area contributed by atoms with E-state index in [1.807, 2.05) is 58.0 Å². The number of nitrogens with zero attached hydrogens (tertiary/aromatic N) is 3. The summed E-state index contributed by atoms with van der Waals surface area (Å²) in [6, 6.07) is 18.9. The average Bonchev–Trinajstić information content (AvgIpc) is 3.20. The number of H-pyrrole nitrogens is 1. The van der Waals surface area contributed by atoms with Crippen molar-refractivity contribution in [1.82, 2.24) is 19.4 Å². The summed E-state index contributed by atoms with van der Waals surface area (Å²) in [4.78, 5) is 35.0. The van der Waals surface area contributed by atoms with E-state index in [0.717, 1.165) is 34.7 Å². The number of hydrogen-bond acceptors (Lipinski definition) is 3. The fourth-order valence-electron chi connectivity index (χ4n) is 3.88. The van der Waals surface area contributed by atoms with Gasteiger partial charge < -0.3 is 14.5 Å². The van der Waals surface area contributed by atoms with Crippen LogP contribution in [0.25, 0.3) is 22.3 Å². The Balaban J connectivity index is 1.37. The fraction of sp³-hybridized carbons (Fsp3) is 0.174. The molecular formula is C23H20N4O2. The van der Waals surface area contributed by atoms with E-state index < -0.39 is 0 Å². The number of carbonyl (C=O) groups excluding carboxylic acids is 1. The van der Waals surface area contributed by atoms with Gasteiger partial charge in [0, 0.05) is 36.2 Å². The lowest BCUT2D eigenvalue weighted by atomic mass is 10.1. The molecule has 0 atom stereocenters. The summed E-state index contributed by atoms with van der Waals surface area (Å²) in [5, 5.41) is 0.629. The van der Waals surface area contributed by atoms with Gasteiger partial charge in [0.05, 0.1) is 23.4 Å². The largest absolute Gasteiger partial charge is 0.340 e. The number of amides is 1. The number of aromatic nitrogens is 3. The number of carbonyl (C=O) groups is 1. The zero-order chi connectivity index (χ0) is 19.8. The molecule has 0 aliphatic carbocycles. The summed E-state index contributed by atoms with van der Waals surface area (Å²) >= 11 is 0. The number of para-hydroxylation sites is 1. The third-order valence-corrected chi connectivity index (χ3v) is 5.42. The van der Waals surface area contributed by atoms with Gasteiger partial charge in [-0.05, 0) is 12.1 Å². The van der Waals surface area contributed by atoms with E-state index in [4.69, 9.17) is 4.98 Å². The van der Waals surface area contributed by atoms with Crippen LogP contribution in [0.2, 0.25) is 0 Å². The maximum Gasteiger partial charge on any atom is 0.242 e. The van der Waals surface area contributed by atoms with Crippen LogP contribution in [0.3, 0.4) is 0 Å². The van der Waals surface area contributed by atoms with Gasteiger partial charge in [-0.25, -0.2) is 4.98 Å². The maximum absolute atomic E-state index is 13.0. The number of aromatic amines is 1. The predicted molar refractivity (Wildman–Crippen MR) is 111 cm³/mol. The molecule has 0 radical (unpaired) electrons. The molecule has 1 aliphatic heterocycles. The van der Waals surface area contributed by atoms with Crippen molar-refractivity contribution in [2.75, 3.05) is 6.54 Å². The van der Waals surface area contributed by atoms with E-state index in [1.165, 1.54) is 6.07 Å². The van der Waals surface area contributed by atoms with Crippen LogP contribution in [0.5, 0.6) is 0 Å². The number of benzene rings is 2. The molecule has 2 aromatic carbocycles. The second kappa shape index (κ2) is 7.05. The molecule has 6 nitrogen and oxygen atoms in total. The molecular weight excluding hydrogens is 364 g/mol. The van der Waals surface area contributed by atoms with Gasteiger partial charge in [0.15, 0.2) is 5.43 Å². The number of imidazole rings is 1. The lowest BCUT2D eigenvalue weighted by molar-refractivity contribution is -0.132. The van der Waals surface area contributed by atoms with Crippen molar-refractivity contribution < 1.29 is 4.79 Å². The number of nitrogens with one attached hydrogen (secondary N) is 1. The van der Waals surface area contributed by atoms with Crippen LogP contribution in [0.4, 0.5) is 0 Å². The highest BCUT2D eigenvalue weighted by Crippen LogP contribution is 2.23. The Kier molecular flexibility index (Phi) is 4.24. The van der Waals surface area contributed by atoms with Crippen LogP contribution in [0.1, 0.15) is 11.4 Å². The van der Waals surface area contributed by atoms with E-state index in [2.05, 4.69) is 4.98 Å². The molecule has 0 fully saturated rings. The Morgan fingerprint density at radius 2 is 1.83 bits per heavy atom. The van der Waals surface area contributed by atoms with E-state index in [9.17, 15) is 9.59 Å². The predicted octanol–water partition coefficient (Wildman–Crippen LogP) is 2.98. The van der Waals surface area contributed by atoms with Gasteiger partial charge in [0.2, 0.25) is 5.91 Å². The zero-order valence-corrected chi connectivity index (χ0v) is 15.8. The molecule has 0 bridgehead atoms. The second-order valence-corrected chi connectivity index (χ2v) is 7.27. The van der Waals surface area contributed by atoms with Crippen LogP contribution < -0.4 is 5.43 Å². The molecule has 3 heterocycles. The Labute approximate surface area is 167 Å². The van der Waals surface area contributed by atoms with Crippen molar-refractivity contribution in [3.05, 3.63) is 88.5 Å². The van der Waals surface area contributed by atoms with Crippen molar-refractivity contribution in [2.24, 2.45) is 0 Å². The van der Waals surface area contributed by atoms with Gasteiger partial charge >= 0.3 is 0 Å². The van der Waals surface area contributed by atoms with Crippen molar-refractivity contribution in [2.45, 2.75) is 19.5 Å². The molecule has 1 amide bonds. The Morgan fingerprint density at radius 1 is 1.03 bits per heavy atom. The second-order valence-electron chi connectivity index (χ2n) is 7.27. The quantitative estimate of drug-likeness (QED) is 0.590. The van der Waals surface area contributed by atoms with Crippen molar-refractivity contribution in [3.63, 3.8) is 0 Å². The first-order valence-electron chi connectivity index (χ1n) is 9.68. The summed E-state index contributed by atoms with van der Waals surface area (Å²) in [7, 11) is 0. The number of rotatable bonds is 3. The molecule has 0 spiro atoms. The standard InChI is InChI=1S/C23H20N4O2/c28-21-11-13-26(20-9-5-4-8-17(20)21)15-22(29)27-12-10-18-19(14-27)25-23(24-18)16-6-2-1-3-7-16/h1-9,11,13H,10,12,14-15H2,(H,24,25). The first-order valence-corrected chi connectivity index (χ1v) is 9.68. The van der Waals surface area contributed by atoms with Crippen LogP contribution in [0, 0.1) is 0 Å². The van der Waals surface area contributed by atoms with Crippen molar-refractivity contribution in [3.8, 4) is 11.4 Å². The van der Waals surface area contributed by atoms with Gasteiger partial charge in [-0.3, -0.25) is 9.59 Å². The minimum atomic E-state index is -0.0298. The van der Waals surface area contributed by atoms with Crippen LogP contribution in [0.15, 0.2) is 71.7 Å². The first kappa shape index (κ1) is 17.4. The summed E-state index contributed by atoms with van der Waals surface area (Å²) in [5.41, 5.74) is 3.81. The summed E-state index contributed by atoms with van der Waals surface area (Å²) in [6.07, 6.45) is 2.43. The third-order valence-electron chi connectivity index (χ3n) is 5.42. The maximum atomic E-state index is 13.0. The monoisotopic (exact) mass is 384 g/mol. The van der Waals surface area contributed by atoms with Crippen LogP contribution >= 0.6 is 0 Å². The topological polar surface area (TPSA) is 71.0 Å². The van der Waals surface area contributed by atoms with Crippen molar-refractivity contribution >= 4 is 16.8 Å². The molecule has 0 unspecified atom stereocenters. The van der Waals surface area contributed by atoms with Gasteiger partial charge in [-0.1, -0.05) is 42.5 Å². The zero-order valence-electron chi connectivity index (χ0n) is 15.8. The molecule has 144 valence electrons. The minimum Gasteiger partial charge on any atom is -0.340 e. The number of pyridine rings is 1.